The van der Waals surface area contributed by atoms with Crippen molar-refractivity contribution in [2.75, 3.05) is 0 Å². The van der Waals surface area contributed by atoms with Crippen LogP contribution in [0, 0.1) is 24.1 Å². The highest BCUT2D eigenvalue weighted by Crippen LogP contribution is 2.29. The van der Waals surface area contributed by atoms with Crippen LogP contribution in [0.4, 0.5) is 4.39 Å². The topological polar surface area (TPSA) is 20.2 Å². The molecule has 1 aromatic rings. The second-order valence-corrected chi connectivity index (χ2v) is 6.43. The molecule has 0 aliphatic carbocycles. The van der Waals surface area contributed by atoms with Gasteiger partial charge in [-0.1, -0.05) is 33.8 Å². The second-order valence-electron chi connectivity index (χ2n) is 6.43. The first-order valence-electron chi connectivity index (χ1n) is 6.63. The van der Waals surface area contributed by atoms with E-state index in [2.05, 4.69) is 27.7 Å². The van der Waals surface area contributed by atoms with Gasteiger partial charge in [0.05, 0.1) is 6.10 Å². The molecule has 0 saturated carbocycles. The lowest BCUT2D eigenvalue weighted by Gasteiger charge is -2.29. The first-order chi connectivity index (χ1) is 8.20. The minimum Gasteiger partial charge on any atom is -0.393 e. The second kappa shape index (κ2) is 5.83. The number of benzene rings is 1. The molecule has 0 bridgehead atoms. The van der Waals surface area contributed by atoms with E-state index in [1.54, 1.807) is 6.07 Å². The molecule has 0 heterocycles. The normalized spacial score (nSPS) is 15.5. The van der Waals surface area contributed by atoms with Gasteiger partial charge in [-0.15, -0.1) is 0 Å². The van der Waals surface area contributed by atoms with Crippen LogP contribution < -0.4 is 0 Å². The van der Waals surface area contributed by atoms with Crippen molar-refractivity contribution in [2.45, 2.75) is 53.6 Å². The number of hydrogen-bond donors (Lipinski definition) is 1. The molecule has 2 atom stereocenters. The van der Waals surface area contributed by atoms with Crippen molar-refractivity contribution in [1.29, 1.82) is 0 Å². The summed E-state index contributed by atoms with van der Waals surface area (Å²) in [7, 11) is 0. The Morgan fingerprint density at radius 3 is 2.44 bits per heavy atom. The van der Waals surface area contributed by atoms with Crippen molar-refractivity contribution in [2.24, 2.45) is 11.3 Å². The highest BCUT2D eigenvalue weighted by molar-refractivity contribution is 5.27. The molecule has 0 aromatic heterocycles. The number of hydrogen-bond acceptors (Lipinski definition) is 1. The molecule has 102 valence electrons. The van der Waals surface area contributed by atoms with Gasteiger partial charge in [-0.25, -0.2) is 4.39 Å². The SMILES string of the molecule is Cc1ccc(F)cc1CC(O)CC(C)C(C)(C)C. The number of aliphatic hydroxyl groups is 1. The van der Waals surface area contributed by atoms with Crippen LogP contribution in [0.3, 0.4) is 0 Å². The maximum atomic E-state index is 13.2. The van der Waals surface area contributed by atoms with Crippen molar-refractivity contribution in [3.05, 3.63) is 35.1 Å². The summed E-state index contributed by atoms with van der Waals surface area (Å²) < 4.78 is 13.2. The van der Waals surface area contributed by atoms with E-state index in [0.717, 1.165) is 17.5 Å². The summed E-state index contributed by atoms with van der Waals surface area (Å²) in [5.74, 6) is 0.202. The van der Waals surface area contributed by atoms with Crippen LogP contribution in [0.25, 0.3) is 0 Å². The van der Waals surface area contributed by atoms with Gasteiger partial charge in [0, 0.05) is 0 Å². The number of aryl methyl sites for hydroxylation is 1. The van der Waals surface area contributed by atoms with E-state index in [0.29, 0.717) is 12.3 Å². The molecular weight excluding hydrogens is 227 g/mol. The molecule has 2 heteroatoms. The predicted octanol–water partition coefficient (Wildman–Crippen LogP) is 4.11. The molecule has 0 amide bonds. The molecule has 0 radical (unpaired) electrons. The Labute approximate surface area is 110 Å². The van der Waals surface area contributed by atoms with Crippen molar-refractivity contribution in [3.8, 4) is 0 Å². The van der Waals surface area contributed by atoms with Crippen molar-refractivity contribution in [3.63, 3.8) is 0 Å². The first kappa shape index (κ1) is 15.2. The summed E-state index contributed by atoms with van der Waals surface area (Å²) >= 11 is 0. The van der Waals surface area contributed by atoms with Gasteiger partial charge in [0.15, 0.2) is 0 Å². The van der Waals surface area contributed by atoms with Crippen molar-refractivity contribution in [1.82, 2.24) is 0 Å². The average molecular weight is 252 g/mol. The predicted molar refractivity (Wildman–Crippen MR) is 74.1 cm³/mol. The maximum Gasteiger partial charge on any atom is 0.123 e. The molecule has 18 heavy (non-hydrogen) atoms. The molecule has 1 N–H and O–H groups in total. The Balaban J connectivity index is 2.65. The third-order valence-corrected chi connectivity index (χ3v) is 3.87. The van der Waals surface area contributed by atoms with E-state index in [-0.39, 0.29) is 11.2 Å². The first-order valence-corrected chi connectivity index (χ1v) is 6.63. The largest absolute Gasteiger partial charge is 0.393 e. The lowest BCUT2D eigenvalue weighted by molar-refractivity contribution is 0.110. The van der Waals surface area contributed by atoms with Gasteiger partial charge in [-0.05, 0) is 54.4 Å². The quantitative estimate of drug-likeness (QED) is 0.855. The molecule has 1 rings (SSSR count). The third-order valence-electron chi connectivity index (χ3n) is 3.87. The Kier molecular flexibility index (Phi) is 4.92. The highest BCUT2D eigenvalue weighted by Gasteiger charge is 2.23. The fourth-order valence-electron chi connectivity index (χ4n) is 1.96. The number of aliphatic hydroxyl groups excluding tert-OH is 1. The van der Waals surface area contributed by atoms with Crippen LogP contribution in [0.15, 0.2) is 18.2 Å². The zero-order chi connectivity index (χ0) is 13.9. The Bertz CT molecular complexity index is 393. The molecule has 0 saturated heterocycles. The minimum atomic E-state index is -0.403. The van der Waals surface area contributed by atoms with Crippen LogP contribution in [0.5, 0.6) is 0 Å². The fraction of sp³-hybridized carbons (Fsp3) is 0.625. The Morgan fingerprint density at radius 1 is 1.28 bits per heavy atom. The van der Waals surface area contributed by atoms with Crippen LogP contribution in [-0.4, -0.2) is 11.2 Å². The molecule has 0 aliphatic heterocycles. The summed E-state index contributed by atoms with van der Waals surface area (Å²) in [6.07, 6.45) is 0.878. The van der Waals surface area contributed by atoms with Crippen LogP contribution in [-0.2, 0) is 6.42 Å². The van der Waals surface area contributed by atoms with Gasteiger partial charge < -0.3 is 5.11 Å². The Hall–Kier alpha value is -0.890. The minimum absolute atomic E-state index is 0.192. The summed E-state index contributed by atoms with van der Waals surface area (Å²) in [6, 6.07) is 4.76. The molecule has 1 nitrogen and oxygen atoms in total. The molecule has 0 spiro atoms. The van der Waals surface area contributed by atoms with Crippen LogP contribution in [0.1, 0.15) is 45.2 Å². The number of halogens is 1. The van der Waals surface area contributed by atoms with Crippen LogP contribution >= 0.6 is 0 Å². The van der Waals surface area contributed by atoms with E-state index in [1.807, 2.05) is 6.92 Å². The Morgan fingerprint density at radius 2 is 1.89 bits per heavy atom. The molecule has 2 unspecified atom stereocenters. The summed E-state index contributed by atoms with van der Waals surface area (Å²) in [4.78, 5) is 0. The lowest BCUT2D eigenvalue weighted by atomic mass is 9.78. The van der Waals surface area contributed by atoms with Crippen molar-refractivity contribution >= 4 is 0 Å². The van der Waals surface area contributed by atoms with E-state index in [9.17, 15) is 9.50 Å². The van der Waals surface area contributed by atoms with E-state index < -0.39 is 6.10 Å². The van der Waals surface area contributed by atoms with Crippen LogP contribution in [0.2, 0.25) is 0 Å². The van der Waals surface area contributed by atoms with E-state index in [1.165, 1.54) is 12.1 Å². The zero-order valence-electron chi connectivity index (χ0n) is 12.1. The van der Waals surface area contributed by atoms with Gasteiger partial charge in [-0.3, -0.25) is 0 Å². The highest BCUT2D eigenvalue weighted by atomic mass is 19.1. The number of rotatable bonds is 4. The smallest absolute Gasteiger partial charge is 0.123 e. The zero-order valence-corrected chi connectivity index (χ0v) is 12.1. The van der Waals surface area contributed by atoms with Gasteiger partial charge in [0.1, 0.15) is 5.82 Å². The molecule has 1 aromatic carbocycles. The van der Waals surface area contributed by atoms with Gasteiger partial charge in [-0.2, -0.15) is 0 Å². The molecular formula is C16H25FO. The third kappa shape index (κ3) is 4.41. The van der Waals surface area contributed by atoms with E-state index in [4.69, 9.17) is 0 Å². The summed E-state index contributed by atoms with van der Waals surface area (Å²) in [6.45, 7) is 10.6. The van der Waals surface area contributed by atoms with E-state index >= 15 is 0 Å². The maximum absolute atomic E-state index is 13.2. The lowest BCUT2D eigenvalue weighted by Crippen LogP contribution is -2.24. The van der Waals surface area contributed by atoms with Crippen molar-refractivity contribution < 1.29 is 9.50 Å². The molecule has 0 fully saturated rings. The van der Waals surface area contributed by atoms with Gasteiger partial charge >= 0.3 is 0 Å². The van der Waals surface area contributed by atoms with Gasteiger partial charge in [0.2, 0.25) is 0 Å². The standard InChI is InChI=1S/C16H25FO/c1-11-6-7-14(17)9-13(11)10-15(18)8-12(2)16(3,4)5/h6-7,9,12,15,18H,8,10H2,1-5H3. The average Bonchev–Trinajstić information content (AvgIpc) is 2.22. The van der Waals surface area contributed by atoms with Gasteiger partial charge in [0.25, 0.3) is 0 Å². The monoisotopic (exact) mass is 252 g/mol. The molecule has 0 aliphatic rings. The fourth-order valence-corrected chi connectivity index (χ4v) is 1.96. The summed E-state index contributed by atoms with van der Waals surface area (Å²) in [5, 5.41) is 10.1. The summed E-state index contributed by atoms with van der Waals surface area (Å²) in [5.41, 5.74) is 2.14.